The van der Waals surface area contributed by atoms with Crippen LogP contribution in [0.4, 0.5) is 5.69 Å². The third kappa shape index (κ3) is 4.68. The lowest BCUT2D eigenvalue weighted by atomic mass is 9.54. The molecule has 6 nitrogen and oxygen atoms in total. The summed E-state index contributed by atoms with van der Waals surface area (Å²) in [5.41, 5.74) is 6.69. The lowest BCUT2D eigenvalue weighted by Crippen LogP contribution is -2.75. The Morgan fingerprint density at radius 3 is 2.63 bits per heavy atom. The number of carbonyl (C=O) groups is 2. The van der Waals surface area contributed by atoms with Crippen molar-refractivity contribution in [2.75, 3.05) is 11.9 Å². The van der Waals surface area contributed by atoms with Crippen LogP contribution in [0.3, 0.4) is 0 Å². The fraction of sp³-hybridized carbons (Fsp3) is 0.619. The minimum absolute atomic E-state index is 0.00209. The lowest BCUT2D eigenvalue weighted by Gasteiger charge is -2.57. The highest BCUT2D eigenvalue weighted by atomic mass is 16.5. The van der Waals surface area contributed by atoms with Crippen LogP contribution >= 0.6 is 0 Å². The van der Waals surface area contributed by atoms with Gasteiger partial charge in [-0.15, -0.1) is 0 Å². The summed E-state index contributed by atoms with van der Waals surface area (Å²) in [6, 6.07) is 7.49. The van der Waals surface area contributed by atoms with Gasteiger partial charge in [0.1, 0.15) is 5.54 Å². The highest BCUT2D eigenvalue weighted by Crippen LogP contribution is 2.49. The molecule has 1 aliphatic rings. The molecule has 2 amide bonds. The van der Waals surface area contributed by atoms with Crippen molar-refractivity contribution in [1.82, 2.24) is 5.32 Å². The summed E-state index contributed by atoms with van der Waals surface area (Å²) >= 11 is 0. The molecule has 0 spiro atoms. The van der Waals surface area contributed by atoms with Crippen LogP contribution < -0.4 is 16.4 Å². The van der Waals surface area contributed by atoms with E-state index in [1.165, 1.54) is 0 Å². The van der Waals surface area contributed by atoms with Crippen molar-refractivity contribution in [3.8, 4) is 0 Å². The first-order valence-electron chi connectivity index (χ1n) is 9.67. The average molecular weight is 376 g/mol. The van der Waals surface area contributed by atoms with Crippen LogP contribution in [0.25, 0.3) is 0 Å². The molecule has 0 aliphatic heterocycles. The van der Waals surface area contributed by atoms with Crippen LogP contribution in [-0.2, 0) is 20.9 Å². The monoisotopic (exact) mass is 375 g/mol. The normalized spacial score (nSPS) is 23.6. The first kappa shape index (κ1) is 21.4. The van der Waals surface area contributed by atoms with Crippen molar-refractivity contribution in [2.24, 2.45) is 17.1 Å². The van der Waals surface area contributed by atoms with Crippen molar-refractivity contribution in [2.45, 2.75) is 65.6 Å². The Morgan fingerprint density at radius 1 is 1.33 bits per heavy atom. The molecule has 1 aliphatic carbocycles. The topological polar surface area (TPSA) is 93.4 Å². The Balaban J connectivity index is 1.94. The molecular formula is C21H33N3O3. The molecule has 0 saturated heterocycles. The number of hydrogen-bond acceptors (Lipinski definition) is 4. The quantitative estimate of drug-likeness (QED) is 0.651. The predicted molar refractivity (Wildman–Crippen MR) is 107 cm³/mol. The Morgan fingerprint density at radius 2 is 2.04 bits per heavy atom. The number of carbonyl (C=O) groups excluding carboxylic acids is 2. The molecule has 2 rings (SSSR count). The first-order valence-corrected chi connectivity index (χ1v) is 9.67. The molecule has 1 aromatic carbocycles. The van der Waals surface area contributed by atoms with E-state index in [2.05, 4.69) is 10.6 Å². The van der Waals surface area contributed by atoms with Gasteiger partial charge in [-0.25, -0.2) is 0 Å². The molecule has 27 heavy (non-hydrogen) atoms. The van der Waals surface area contributed by atoms with Crippen molar-refractivity contribution in [1.29, 1.82) is 0 Å². The second kappa shape index (κ2) is 8.40. The van der Waals surface area contributed by atoms with Crippen molar-refractivity contribution >= 4 is 17.5 Å². The molecule has 6 heteroatoms. The molecular weight excluding hydrogens is 342 g/mol. The van der Waals surface area contributed by atoms with Gasteiger partial charge >= 0.3 is 0 Å². The summed E-state index contributed by atoms with van der Waals surface area (Å²) in [4.78, 5) is 24.6. The summed E-state index contributed by atoms with van der Waals surface area (Å²) < 4.78 is 5.68. The third-order valence-corrected chi connectivity index (χ3v) is 5.49. The lowest BCUT2D eigenvalue weighted by molar-refractivity contribution is -0.170. The Bertz CT molecular complexity index is 687. The van der Waals surface area contributed by atoms with Crippen LogP contribution in [0.15, 0.2) is 24.3 Å². The van der Waals surface area contributed by atoms with E-state index in [9.17, 15) is 9.59 Å². The van der Waals surface area contributed by atoms with E-state index in [1.54, 1.807) is 0 Å². The zero-order valence-electron chi connectivity index (χ0n) is 17.1. The van der Waals surface area contributed by atoms with E-state index >= 15 is 0 Å². The second-order valence-electron chi connectivity index (χ2n) is 8.37. The molecule has 150 valence electrons. The summed E-state index contributed by atoms with van der Waals surface area (Å²) in [6.45, 7) is 10.9. The van der Waals surface area contributed by atoms with Gasteiger partial charge in [0.05, 0.1) is 6.10 Å². The van der Waals surface area contributed by atoms with E-state index in [4.69, 9.17) is 10.5 Å². The number of amides is 2. The van der Waals surface area contributed by atoms with Gasteiger partial charge in [0.2, 0.25) is 11.8 Å². The number of rotatable bonds is 8. The van der Waals surface area contributed by atoms with Gasteiger partial charge in [-0.2, -0.15) is 0 Å². The van der Waals surface area contributed by atoms with E-state index in [-0.39, 0.29) is 17.9 Å². The minimum atomic E-state index is -0.935. The molecule has 1 fully saturated rings. The van der Waals surface area contributed by atoms with Crippen LogP contribution in [-0.4, -0.2) is 30.1 Å². The van der Waals surface area contributed by atoms with Crippen LogP contribution in [0.1, 0.15) is 53.0 Å². The van der Waals surface area contributed by atoms with Gasteiger partial charge in [-0.3, -0.25) is 9.59 Å². The van der Waals surface area contributed by atoms with E-state index < -0.39 is 11.0 Å². The highest BCUT2D eigenvalue weighted by Gasteiger charge is 2.62. The minimum Gasteiger partial charge on any atom is -0.378 e. The van der Waals surface area contributed by atoms with E-state index in [0.29, 0.717) is 31.9 Å². The molecule has 0 bridgehead atoms. The number of anilines is 1. The van der Waals surface area contributed by atoms with Gasteiger partial charge < -0.3 is 21.1 Å². The predicted octanol–water partition coefficient (Wildman–Crippen LogP) is 2.82. The van der Waals surface area contributed by atoms with E-state index in [1.807, 2.05) is 58.9 Å². The Hall–Kier alpha value is -1.92. The van der Waals surface area contributed by atoms with E-state index in [0.717, 1.165) is 11.3 Å². The largest absolute Gasteiger partial charge is 0.378 e. The van der Waals surface area contributed by atoms with Crippen LogP contribution in [0.5, 0.6) is 0 Å². The smallest absolute Gasteiger partial charge is 0.241 e. The molecule has 1 saturated carbocycles. The summed E-state index contributed by atoms with van der Waals surface area (Å²) in [5, 5.41) is 5.83. The zero-order valence-corrected chi connectivity index (χ0v) is 17.1. The maximum atomic E-state index is 12.7. The number of benzene rings is 1. The highest BCUT2D eigenvalue weighted by molar-refractivity contribution is 5.91. The molecule has 2 atom stereocenters. The summed E-state index contributed by atoms with van der Waals surface area (Å²) in [5.74, 6) is 0.127. The van der Waals surface area contributed by atoms with Crippen LogP contribution in [0, 0.1) is 11.3 Å². The molecule has 0 radical (unpaired) electrons. The molecule has 2 unspecified atom stereocenters. The summed E-state index contributed by atoms with van der Waals surface area (Å²) in [6.07, 6.45) is 0.996. The SMILES string of the molecule is CCOC1CC(N)(C(=O)NCc2cccc(NC(=O)CC(C)C)c2)C1(C)C. The number of ether oxygens (including phenoxy) is 1. The van der Waals surface area contributed by atoms with Gasteiger partial charge in [-0.05, 0) is 30.5 Å². The third-order valence-electron chi connectivity index (χ3n) is 5.49. The maximum absolute atomic E-state index is 12.7. The summed E-state index contributed by atoms with van der Waals surface area (Å²) in [7, 11) is 0. The number of nitrogens with two attached hydrogens (primary N) is 1. The Labute approximate surface area is 162 Å². The van der Waals surface area contributed by atoms with Crippen molar-refractivity contribution in [3.05, 3.63) is 29.8 Å². The fourth-order valence-corrected chi connectivity index (χ4v) is 3.50. The average Bonchev–Trinajstić information content (AvgIpc) is 2.58. The molecule has 0 heterocycles. The standard InChI is InChI=1S/C21H33N3O3/c1-6-27-17-12-21(22,20(17,4)5)19(26)23-13-15-8-7-9-16(11-15)24-18(25)10-14(2)3/h7-9,11,14,17H,6,10,12-13,22H2,1-5H3,(H,23,26)(H,24,25). The van der Waals surface area contributed by atoms with Crippen LogP contribution in [0.2, 0.25) is 0 Å². The molecule has 4 N–H and O–H groups in total. The first-order chi connectivity index (χ1) is 12.6. The maximum Gasteiger partial charge on any atom is 0.241 e. The number of nitrogens with one attached hydrogen (secondary N) is 2. The number of hydrogen-bond donors (Lipinski definition) is 3. The van der Waals surface area contributed by atoms with Gasteiger partial charge in [0.15, 0.2) is 0 Å². The van der Waals surface area contributed by atoms with Gasteiger partial charge in [-0.1, -0.05) is 39.8 Å². The molecule has 0 aromatic heterocycles. The fourth-order valence-electron chi connectivity index (χ4n) is 3.50. The molecule has 1 aromatic rings. The van der Waals surface area contributed by atoms with Crippen molar-refractivity contribution < 1.29 is 14.3 Å². The van der Waals surface area contributed by atoms with Crippen molar-refractivity contribution in [3.63, 3.8) is 0 Å². The van der Waals surface area contributed by atoms with Gasteiger partial charge in [0.25, 0.3) is 0 Å². The second-order valence-corrected chi connectivity index (χ2v) is 8.37. The van der Waals surface area contributed by atoms with Gasteiger partial charge in [0, 0.05) is 37.1 Å². The Kier molecular flexibility index (Phi) is 6.65. The zero-order chi connectivity index (χ0) is 20.2.